The second-order valence-corrected chi connectivity index (χ2v) is 11.9. The number of benzene rings is 2. The van der Waals surface area contributed by atoms with Crippen LogP contribution in [-0.4, -0.2) is 64.6 Å². The molecule has 2 saturated heterocycles. The molecule has 41 heavy (non-hydrogen) atoms. The van der Waals surface area contributed by atoms with E-state index >= 15 is 0 Å². The zero-order valence-corrected chi connectivity index (χ0v) is 24.7. The molecule has 0 aromatic heterocycles. The monoisotopic (exact) mass is 560 g/mol. The Hall–Kier alpha value is -3.68. The van der Waals surface area contributed by atoms with Crippen LogP contribution in [0.5, 0.6) is 0 Å². The Morgan fingerprint density at radius 3 is 2.07 bits per heavy atom. The summed E-state index contributed by atoms with van der Waals surface area (Å²) in [5.41, 5.74) is 1.91. The van der Waals surface area contributed by atoms with Crippen molar-refractivity contribution in [2.45, 2.75) is 84.0 Å². The SMILES string of the molecule is CC[C@@H](C)C(=O)N[C@H]1CN(C(=O)CC(C)C)CC[C@H]2CC[C@@H](C(=O)NC(c3ccccc3)c3ccccc3)N2C1=O. The molecule has 2 N–H and O–H groups in total. The highest BCUT2D eigenvalue weighted by molar-refractivity contribution is 5.94. The van der Waals surface area contributed by atoms with Gasteiger partial charge in [0.05, 0.1) is 6.04 Å². The molecule has 0 aliphatic carbocycles. The van der Waals surface area contributed by atoms with Crippen molar-refractivity contribution >= 4 is 23.6 Å². The van der Waals surface area contributed by atoms with Gasteiger partial charge in [0, 0.05) is 31.5 Å². The van der Waals surface area contributed by atoms with Crippen molar-refractivity contribution in [3.63, 3.8) is 0 Å². The van der Waals surface area contributed by atoms with E-state index in [9.17, 15) is 19.2 Å². The van der Waals surface area contributed by atoms with Crippen LogP contribution in [0.25, 0.3) is 0 Å². The molecular formula is C33H44N4O4. The van der Waals surface area contributed by atoms with Gasteiger partial charge in [-0.15, -0.1) is 0 Å². The van der Waals surface area contributed by atoms with Crippen molar-refractivity contribution < 1.29 is 19.2 Å². The topological polar surface area (TPSA) is 98.8 Å². The lowest BCUT2D eigenvalue weighted by Gasteiger charge is -2.39. The molecule has 4 amide bonds. The molecule has 2 heterocycles. The minimum absolute atomic E-state index is 0.00936. The van der Waals surface area contributed by atoms with E-state index < -0.39 is 12.1 Å². The van der Waals surface area contributed by atoms with E-state index in [2.05, 4.69) is 10.6 Å². The molecule has 8 heteroatoms. The van der Waals surface area contributed by atoms with Crippen LogP contribution in [0.1, 0.15) is 77.0 Å². The van der Waals surface area contributed by atoms with Gasteiger partial charge in [-0.1, -0.05) is 88.4 Å². The Morgan fingerprint density at radius 1 is 0.902 bits per heavy atom. The Labute approximate surface area is 243 Å². The van der Waals surface area contributed by atoms with Gasteiger partial charge in [-0.25, -0.2) is 0 Å². The summed E-state index contributed by atoms with van der Waals surface area (Å²) in [5, 5.41) is 6.16. The second kappa shape index (κ2) is 13.8. The molecule has 4 atom stereocenters. The third kappa shape index (κ3) is 7.34. The van der Waals surface area contributed by atoms with Crippen molar-refractivity contribution in [1.82, 2.24) is 20.4 Å². The summed E-state index contributed by atoms with van der Waals surface area (Å²) >= 11 is 0. The van der Waals surface area contributed by atoms with Crippen LogP contribution in [0.4, 0.5) is 0 Å². The standard InChI is InChI=1S/C33H44N4O4/c1-5-23(4)31(39)34-27-21-36(29(38)20-22(2)3)19-18-26-16-17-28(37(26)33(27)41)32(40)35-30(24-12-8-6-9-13-24)25-14-10-7-11-15-25/h6-15,22-23,26-28,30H,5,16-21H2,1-4H3,(H,34,39)(H,35,40)/t23-,26-,27+,28+/m1/s1. The van der Waals surface area contributed by atoms with Crippen LogP contribution in [0.2, 0.25) is 0 Å². The van der Waals surface area contributed by atoms with Gasteiger partial charge in [-0.3, -0.25) is 19.2 Å². The summed E-state index contributed by atoms with van der Waals surface area (Å²) < 4.78 is 0. The fourth-order valence-electron chi connectivity index (χ4n) is 5.83. The van der Waals surface area contributed by atoms with Crippen LogP contribution < -0.4 is 10.6 Å². The minimum atomic E-state index is -0.900. The number of carbonyl (C=O) groups excluding carboxylic acids is 4. The normalized spacial score (nSPS) is 21.7. The first-order valence-corrected chi connectivity index (χ1v) is 15.0. The molecule has 2 aliphatic heterocycles. The Morgan fingerprint density at radius 2 is 1.51 bits per heavy atom. The molecule has 2 aromatic carbocycles. The highest BCUT2D eigenvalue weighted by Crippen LogP contribution is 2.31. The van der Waals surface area contributed by atoms with Crippen molar-refractivity contribution in [3.8, 4) is 0 Å². The summed E-state index contributed by atoms with van der Waals surface area (Å²) in [6.45, 7) is 8.34. The fourth-order valence-corrected chi connectivity index (χ4v) is 5.83. The average Bonchev–Trinajstić information content (AvgIpc) is 3.39. The van der Waals surface area contributed by atoms with E-state index in [1.54, 1.807) is 9.80 Å². The molecule has 220 valence electrons. The van der Waals surface area contributed by atoms with Crippen molar-refractivity contribution in [1.29, 1.82) is 0 Å². The summed E-state index contributed by atoms with van der Waals surface area (Å²) in [7, 11) is 0. The number of carbonyl (C=O) groups is 4. The second-order valence-electron chi connectivity index (χ2n) is 11.9. The van der Waals surface area contributed by atoms with Crippen LogP contribution in [0.15, 0.2) is 60.7 Å². The van der Waals surface area contributed by atoms with Crippen molar-refractivity contribution in [2.75, 3.05) is 13.1 Å². The van der Waals surface area contributed by atoms with Gasteiger partial charge in [-0.05, 0) is 42.7 Å². The van der Waals surface area contributed by atoms with Crippen molar-refractivity contribution in [2.24, 2.45) is 11.8 Å². The Balaban J connectivity index is 1.60. The maximum absolute atomic E-state index is 14.2. The molecule has 4 rings (SSSR count). The van der Waals surface area contributed by atoms with E-state index in [1.165, 1.54) is 0 Å². The number of hydrogen-bond acceptors (Lipinski definition) is 4. The van der Waals surface area contributed by atoms with E-state index in [4.69, 9.17) is 0 Å². The third-order valence-corrected chi connectivity index (χ3v) is 8.36. The molecule has 8 nitrogen and oxygen atoms in total. The molecule has 2 aliphatic rings. The van der Waals surface area contributed by atoms with Gasteiger partial charge in [0.25, 0.3) is 0 Å². The number of fused-ring (bicyclic) bond motifs is 1. The molecule has 0 unspecified atom stereocenters. The van der Waals surface area contributed by atoms with Gasteiger partial charge in [0.15, 0.2) is 0 Å². The molecule has 2 fully saturated rings. The lowest BCUT2D eigenvalue weighted by Crippen LogP contribution is -2.61. The average molecular weight is 561 g/mol. The van der Waals surface area contributed by atoms with Crippen LogP contribution in [-0.2, 0) is 19.2 Å². The van der Waals surface area contributed by atoms with Gasteiger partial charge in [0.1, 0.15) is 12.1 Å². The van der Waals surface area contributed by atoms with E-state index in [0.29, 0.717) is 38.6 Å². The first-order chi connectivity index (χ1) is 19.7. The van der Waals surface area contributed by atoms with Gasteiger partial charge in [0.2, 0.25) is 23.6 Å². The number of rotatable bonds is 9. The van der Waals surface area contributed by atoms with E-state index in [1.807, 2.05) is 88.4 Å². The van der Waals surface area contributed by atoms with Crippen LogP contribution in [0.3, 0.4) is 0 Å². The number of hydrogen-bond donors (Lipinski definition) is 2. The summed E-state index contributed by atoms with van der Waals surface area (Å²) in [6, 6.07) is 17.5. The first kappa shape index (κ1) is 30.3. The smallest absolute Gasteiger partial charge is 0.247 e. The third-order valence-electron chi connectivity index (χ3n) is 8.36. The van der Waals surface area contributed by atoms with Gasteiger partial charge < -0.3 is 20.4 Å². The molecule has 0 spiro atoms. The number of nitrogens with zero attached hydrogens (tertiary/aromatic N) is 2. The predicted octanol–water partition coefficient (Wildman–Crippen LogP) is 4.06. The lowest BCUT2D eigenvalue weighted by molar-refractivity contribution is -0.147. The summed E-state index contributed by atoms with van der Waals surface area (Å²) in [5.74, 6) is -0.798. The minimum Gasteiger partial charge on any atom is -0.343 e. The van der Waals surface area contributed by atoms with Crippen LogP contribution in [0, 0.1) is 11.8 Å². The highest BCUT2D eigenvalue weighted by atomic mass is 16.2. The summed E-state index contributed by atoms with van der Waals surface area (Å²) in [6.07, 6.45) is 2.83. The lowest BCUT2D eigenvalue weighted by atomic mass is 9.98. The number of amides is 4. The Bertz CT molecular complexity index is 1160. The zero-order chi connectivity index (χ0) is 29.5. The molecule has 0 radical (unpaired) electrons. The quantitative estimate of drug-likeness (QED) is 0.483. The maximum atomic E-state index is 14.2. The van der Waals surface area contributed by atoms with E-state index in [-0.39, 0.29) is 54.1 Å². The molecular weight excluding hydrogens is 516 g/mol. The maximum Gasteiger partial charge on any atom is 0.247 e. The largest absolute Gasteiger partial charge is 0.343 e. The van der Waals surface area contributed by atoms with Crippen molar-refractivity contribution in [3.05, 3.63) is 71.8 Å². The van der Waals surface area contributed by atoms with E-state index in [0.717, 1.165) is 11.1 Å². The highest BCUT2D eigenvalue weighted by Gasteiger charge is 2.45. The summed E-state index contributed by atoms with van der Waals surface area (Å²) in [4.78, 5) is 57.5. The molecule has 0 bridgehead atoms. The van der Waals surface area contributed by atoms with Gasteiger partial charge >= 0.3 is 0 Å². The molecule has 2 aromatic rings. The Kier molecular flexibility index (Phi) is 10.2. The van der Waals surface area contributed by atoms with Crippen LogP contribution >= 0.6 is 0 Å². The molecule has 0 saturated carbocycles. The zero-order valence-electron chi connectivity index (χ0n) is 24.7. The van der Waals surface area contributed by atoms with Gasteiger partial charge in [-0.2, -0.15) is 0 Å². The predicted molar refractivity (Wildman–Crippen MR) is 159 cm³/mol. The fraction of sp³-hybridized carbons (Fsp3) is 0.515. The number of nitrogens with one attached hydrogen (secondary N) is 2. The first-order valence-electron chi connectivity index (χ1n) is 15.0.